The smallest absolute Gasteiger partial charge is 0.368 e. The standard InChI is InChI=1S/C12H20F3N5S/c1-4-11(5-2,21-3)7-17-8-6-9(20-16)19-10(18-8)12(13,14)15/h6H,4-5,7,16H2,1-3H3,(H2,17,18,19,20). The lowest BCUT2D eigenvalue weighted by Crippen LogP contribution is -2.32. The fourth-order valence-corrected chi connectivity index (χ4v) is 2.64. The van der Waals surface area contributed by atoms with Gasteiger partial charge in [-0.3, -0.25) is 0 Å². The summed E-state index contributed by atoms with van der Waals surface area (Å²) in [6.07, 6.45) is -0.828. The molecule has 0 amide bonds. The summed E-state index contributed by atoms with van der Waals surface area (Å²) in [5, 5.41) is 2.96. The molecule has 0 radical (unpaired) electrons. The van der Waals surface area contributed by atoms with Gasteiger partial charge in [0.15, 0.2) is 0 Å². The van der Waals surface area contributed by atoms with E-state index in [4.69, 9.17) is 5.84 Å². The van der Waals surface area contributed by atoms with E-state index in [9.17, 15) is 13.2 Å². The van der Waals surface area contributed by atoms with Gasteiger partial charge in [-0.05, 0) is 19.1 Å². The maximum atomic E-state index is 12.7. The van der Waals surface area contributed by atoms with E-state index in [0.29, 0.717) is 6.54 Å². The molecule has 1 aromatic heterocycles. The van der Waals surface area contributed by atoms with Crippen LogP contribution in [0.2, 0.25) is 0 Å². The van der Waals surface area contributed by atoms with Crippen LogP contribution in [0.1, 0.15) is 32.5 Å². The van der Waals surface area contributed by atoms with Crippen LogP contribution in [0, 0.1) is 0 Å². The molecule has 1 heterocycles. The maximum absolute atomic E-state index is 12.7. The largest absolute Gasteiger partial charge is 0.451 e. The number of alkyl halides is 3. The second-order valence-electron chi connectivity index (χ2n) is 4.55. The molecular weight excluding hydrogens is 303 g/mol. The molecule has 0 saturated heterocycles. The molecule has 120 valence electrons. The van der Waals surface area contributed by atoms with Crippen LogP contribution < -0.4 is 16.6 Å². The summed E-state index contributed by atoms with van der Waals surface area (Å²) >= 11 is 1.69. The Balaban J connectivity index is 2.98. The molecule has 0 unspecified atom stereocenters. The number of thioether (sulfide) groups is 1. The molecule has 9 heteroatoms. The average Bonchev–Trinajstić information content (AvgIpc) is 2.48. The zero-order valence-electron chi connectivity index (χ0n) is 12.2. The molecule has 21 heavy (non-hydrogen) atoms. The Labute approximate surface area is 126 Å². The van der Waals surface area contributed by atoms with Crippen LogP contribution in [-0.4, -0.2) is 27.5 Å². The minimum Gasteiger partial charge on any atom is -0.368 e. The molecule has 0 fully saturated rings. The van der Waals surface area contributed by atoms with Gasteiger partial charge in [-0.1, -0.05) is 13.8 Å². The topological polar surface area (TPSA) is 75.9 Å². The molecule has 0 aliphatic rings. The third kappa shape index (κ3) is 4.63. The molecule has 5 nitrogen and oxygen atoms in total. The van der Waals surface area contributed by atoms with Crippen molar-refractivity contribution >= 4 is 23.4 Å². The van der Waals surface area contributed by atoms with Gasteiger partial charge in [-0.25, -0.2) is 15.8 Å². The Kier molecular flexibility index (Phi) is 6.09. The molecule has 4 N–H and O–H groups in total. The maximum Gasteiger partial charge on any atom is 0.451 e. The summed E-state index contributed by atoms with van der Waals surface area (Å²) < 4.78 is 38.2. The van der Waals surface area contributed by atoms with Gasteiger partial charge in [-0.2, -0.15) is 24.9 Å². The van der Waals surface area contributed by atoms with Gasteiger partial charge in [0.25, 0.3) is 0 Å². The first-order valence-corrected chi connectivity index (χ1v) is 7.74. The van der Waals surface area contributed by atoms with Crippen molar-refractivity contribution in [2.24, 2.45) is 5.84 Å². The van der Waals surface area contributed by atoms with Crippen molar-refractivity contribution in [1.82, 2.24) is 9.97 Å². The quantitative estimate of drug-likeness (QED) is 0.529. The SMILES string of the molecule is CCC(CC)(CNc1cc(NN)nc(C(F)(F)F)n1)SC. The highest BCUT2D eigenvalue weighted by Crippen LogP contribution is 2.32. The third-order valence-electron chi connectivity index (χ3n) is 3.44. The fourth-order valence-electron chi connectivity index (χ4n) is 1.85. The van der Waals surface area contributed by atoms with Crippen molar-refractivity contribution in [3.63, 3.8) is 0 Å². The number of hydrogen-bond donors (Lipinski definition) is 3. The second kappa shape index (κ2) is 7.17. The predicted octanol–water partition coefficient (Wildman–Crippen LogP) is 3.11. The summed E-state index contributed by atoms with van der Waals surface area (Å²) in [6.45, 7) is 4.62. The first-order valence-electron chi connectivity index (χ1n) is 6.52. The predicted molar refractivity (Wildman–Crippen MR) is 80.2 cm³/mol. The van der Waals surface area contributed by atoms with Gasteiger partial charge in [0.1, 0.15) is 11.6 Å². The van der Waals surface area contributed by atoms with E-state index >= 15 is 0 Å². The highest BCUT2D eigenvalue weighted by Gasteiger charge is 2.35. The average molecular weight is 323 g/mol. The first-order chi connectivity index (χ1) is 9.80. The van der Waals surface area contributed by atoms with Crippen molar-refractivity contribution in [3.05, 3.63) is 11.9 Å². The number of halogens is 3. The number of nitrogen functional groups attached to an aromatic ring is 1. The van der Waals surface area contributed by atoms with Crippen molar-refractivity contribution < 1.29 is 13.2 Å². The molecule has 0 atom stereocenters. The fraction of sp³-hybridized carbons (Fsp3) is 0.667. The lowest BCUT2D eigenvalue weighted by molar-refractivity contribution is -0.144. The molecule has 0 aliphatic heterocycles. The van der Waals surface area contributed by atoms with Gasteiger partial charge < -0.3 is 10.7 Å². The zero-order chi connectivity index (χ0) is 16.1. The monoisotopic (exact) mass is 323 g/mol. The van der Waals surface area contributed by atoms with Crippen LogP contribution in [0.15, 0.2) is 6.07 Å². The van der Waals surface area contributed by atoms with E-state index in [-0.39, 0.29) is 16.4 Å². The van der Waals surface area contributed by atoms with E-state index < -0.39 is 12.0 Å². The number of aromatic nitrogens is 2. The zero-order valence-corrected chi connectivity index (χ0v) is 13.0. The molecule has 1 rings (SSSR count). The van der Waals surface area contributed by atoms with Crippen molar-refractivity contribution in [3.8, 4) is 0 Å². The van der Waals surface area contributed by atoms with Crippen LogP contribution in [0.5, 0.6) is 0 Å². The Bertz CT molecular complexity index is 454. The molecule has 0 aromatic carbocycles. The second-order valence-corrected chi connectivity index (χ2v) is 5.83. The van der Waals surface area contributed by atoms with E-state index in [0.717, 1.165) is 12.8 Å². The van der Waals surface area contributed by atoms with Crippen molar-refractivity contribution in [2.75, 3.05) is 23.5 Å². The summed E-state index contributed by atoms with van der Waals surface area (Å²) in [5.74, 6) is 3.95. The Morgan fingerprint density at radius 3 is 2.19 bits per heavy atom. The van der Waals surface area contributed by atoms with Crippen LogP contribution in [0.3, 0.4) is 0 Å². The van der Waals surface area contributed by atoms with Crippen LogP contribution in [0.4, 0.5) is 24.8 Å². The lowest BCUT2D eigenvalue weighted by Gasteiger charge is -2.30. The van der Waals surface area contributed by atoms with Gasteiger partial charge in [0.2, 0.25) is 5.82 Å². The number of rotatable bonds is 7. The minimum absolute atomic E-state index is 0.0420. The van der Waals surface area contributed by atoms with Crippen LogP contribution in [0.25, 0.3) is 0 Å². The van der Waals surface area contributed by atoms with E-state index in [1.165, 1.54) is 6.07 Å². The molecule has 0 spiro atoms. The van der Waals surface area contributed by atoms with Crippen LogP contribution >= 0.6 is 11.8 Å². The summed E-state index contributed by atoms with van der Waals surface area (Å²) in [6, 6.07) is 1.35. The summed E-state index contributed by atoms with van der Waals surface area (Å²) in [5.41, 5.74) is 2.12. The van der Waals surface area contributed by atoms with Gasteiger partial charge >= 0.3 is 6.18 Å². The van der Waals surface area contributed by atoms with Crippen molar-refractivity contribution in [2.45, 2.75) is 37.6 Å². The Hall–Kier alpha value is -1.22. The summed E-state index contributed by atoms with van der Waals surface area (Å²) in [7, 11) is 0. The van der Waals surface area contributed by atoms with Gasteiger partial charge in [0.05, 0.1) is 0 Å². The molecular formula is C12H20F3N5S. The van der Waals surface area contributed by atoms with E-state index in [2.05, 4.69) is 34.6 Å². The Morgan fingerprint density at radius 2 is 1.76 bits per heavy atom. The van der Waals surface area contributed by atoms with E-state index in [1.807, 2.05) is 6.26 Å². The lowest BCUT2D eigenvalue weighted by atomic mass is 10.0. The van der Waals surface area contributed by atoms with Crippen LogP contribution in [-0.2, 0) is 6.18 Å². The number of nitrogens with one attached hydrogen (secondary N) is 2. The highest BCUT2D eigenvalue weighted by molar-refractivity contribution is 8.00. The number of anilines is 2. The van der Waals surface area contributed by atoms with Crippen molar-refractivity contribution in [1.29, 1.82) is 0 Å². The first kappa shape index (κ1) is 17.8. The molecule has 0 aliphatic carbocycles. The number of nitrogens with zero attached hydrogens (tertiary/aromatic N) is 2. The number of nitrogens with two attached hydrogens (primary N) is 1. The number of hydrogen-bond acceptors (Lipinski definition) is 6. The summed E-state index contributed by atoms with van der Waals surface area (Å²) in [4.78, 5) is 6.82. The highest BCUT2D eigenvalue weighted by atomic mass is 32.2. The Morgan fingerprint density at radius 1 is 1.19 bits per heavy atom. The van der Waals surface area contributed by atoms with Gasteiger partial charge in [-0.15, -0.1) is 0 Å². The minimum atomic E-state index is -4.62. The molecule has 0 saturated carbocycles. The normalized spacial score (nSPS) is 12.3. The van der Waals surface area contributed by atoms with E-state index in [1.54, 1.807) is 11.8 Å². The third-order valence-corrected chi connectivity index (χ3v) is 5.03. The molecule has 1 aromatic rings. The molecule has 0 bridgehead atoms. The van der Waals surface area contributed by atoms with Gasteiger partial charge in [0, 0.05) is 17.4 Å². The number of hydrazine groups is 1.